The van der Waals surface area contributed by atoms with Crippen molar-refractivity contribution in [1.29, 1.82) is 0 Å². The van der Waals surface area contributed by atoms with Crippen molar-refractivity contribution in [3.05, 3.63) is 90.0 Å². The third-order valence-electron chi connectivity index (χ3n) is 4.18. The van der Waals surface area contributed by atoms with Gasteiger partial charge in [0.2, 0.25) is 0 Å². The number of carbonyl (C=O) groups is 3. The Kier molecular flexibility index (Phi) is 7.63. The van der Waals surface area contributed by atoms with Crippen LogP contribution in [0.4, 0.5) is 21.9 Å². The molecule has 0 heterocycles. The Morgan fingerprint density at radius 2 is 1.44 bits per heavy atom. The highest BCUT2D eigenvalue weighted by Crippen LogP contribution is 2.20. The first-order chi connectivity index (χ1) is 15.5. The summed E-state index contributed by atoms with van der Waals surface area (Å²) >= 11 is 0. The Morgan fingerprint density at radius 3 is 2.06 bits per heavy atom. The molecule has 0 atom stereocenters. The molecule has 0 fully saturated rings. The molecule has 0 bridgehead atoms. The highest BCUT2D eigenvalue weighted by molar-refractivity contribution is 5.95. The van der Waals surface area contributed by atoms with Crippen LogP contribution in [0.2, 0.25) is 0 Å². The van der Waals surface area contributed by atoms with Gasteiger partial charge in [0.05, 0.1) is 16.9 Å². The summed E-state index contributed by atoms with van der Waals surface area (Å²) in [5.74, 6) is -1.11. The zero-order valence-corrected chi connectivity index (χ0v) is 17.0. The number of nitrogens with zero attached hydrogens (tertiary/aromatic N) is 2. The second-order valence-corrected chi connectivity index (χ2v) is 6.62. The number of carbonyl (C=O) groups excluding carboxylic acids is 3. The molecule has 9 nitrogen and oxygen atoms in total. The van der Waals surface area contributed by atoms with Crippen molar-refractivity contribution in [2.45, 2.75) is 6.54 Å². The molecule has 3 aromatic rings. The van der Waals surface area contributed by atoms with Gasteiger partial charge in [-0.2, -0.15) is 10.2 Å². The molecule has 0 radical (unpaired) electrons. The van der Waals surface area contributed by atoms with Gasteiger partial charge in [0, 0.05) is 12.2 Å². The van der Waals surface area contributed by atoms with E-state index in [1.807, 2.05) is 30.3 Å². The van der Waals surface area contributed by atoms with E-state index in [-0.39, 0.29) is 12.1 Å². The number of rotatable bonds is 8. The molecule has 9 heteroatoms. The maximum atomic E-state index is 12.1. The van der Waals surface area contributed by atoms with Crippen LogP contribution in [0.5, 0.6) is 0 Å². The molecule has 162 valence electrons. The van der Waals surface area contributed by atoms with E-state index in [0.717, 1.165) is 11.3 Å². The fourth-order valence-electron chi connectivity index (χ4n) is 2.58. The largest absolute Gasteiger partial charge is 0.452 e. The molecule has 4 N–H and O–H groups in total. The van der Waals surface area contributed by atoms with Crippen molar-refractivity contribution < 1.29 is 19.1 Å². The number of benzene rings is 3. The minimum atomic E-state index is -0.634. The monoisotopic (exact) mass is 431 g/mol. The number of esters is 1. The first-order valence-electron chi connectivity index (χ1n) is 9.66. The Morgan fingerprint density at radius 1 is 0.812 bits per heavy atom. The summed E-state index contributed by atoms with van der Waals surface area (Å²) in [6, 6.07) is 21.9. The SMILES string of the molecule is NC(=O)NCc1ccc(C(=O)OCC(=O)Nc2ccc(N=Nc3ccccc3)cc2)cc1. The topological polar surface area (TPSA) is 135 Å². The van der Waals surface area contributed by atoms with Crippen LogP contribution >= 0.6 is 0 Å². The fourth-order valence-corrected chi connectivity index (χ4v) is 2.58. The lowest BCUT2D eigenvalue weighted by atomic mass is 10.1. The highest BCUT2D eigenvalue weighted by atomic mass is 16.5. The van der Waals surface area contributed by atoms with Crippen LogP contribution in [0.1, 0.15) is 15.9 Å². The predicted octanol–water partition coefficient (Wildman–Crippen LogP) is 4.07. The van der Waals surface area contributed by atoms with Gasteiger partial charge >= 0.3 is 12.0 Å². The normalized spacial score (nSPS) is 10.5. The second kappa shape index (κ2) is 11.0. The maximum absolute atomic E-state index is 12.1. The molecular formula is C23H21N5O4. The number of hydrogen-bond acceptors (Lipinski definition) is 6. The van der Waals surface area contributed by atoms with Gasteiger partial charge in [-0.15, -0.1) is 0 Å². The average molecular weight is 431 g/mol. The second-order valence-electron chi connectivity index (χ2n) is 6.62. The zero-order valence-electron chi connectivity index (χ0n) is 17.0. The van der Waals surface area contributed by atoms with Crippen molar-refractivity contribution in [3.63, 3.8) is 0 Å². The quantitative estimate of drug-likeness (QED) is 0.366. The van der Waals surface area contributed by atoms with Gasteiger partial charge < -0.3 is 21.1 Å². The molecule has 0 saturated heterocycles. The molecule has 0 spiro atoms. The van der Waals surface area contributed by atoms with Gasteiger partial charge in [0.1, 0.15) is 0 Å². The van der Waals surface area contributed by atoms with E-state index in [0.29, 0.717) is 11.4 Å². The Bertz CT molecular complexity index is 1100. The van der Waals surface area contributed by atoms with Crippen LogP contribution in [-0.4, -0.2) is 24.5 Å². The number of hydrogen-bond donors (Lipinski definition) is 3. The van der Waals surface area contributed by atoms with E-state index >= 15 is 0 Å². The summed E-state index contributed by atoms with van der Waals surface area (Å²) in [4.78, 5) is 34.9. The molecule has 0 aromatic heterocycles. The summed E-state index contributed by atoms with van der Waals surface area (Å²) in [6.45, 7) is -0.182. The third-order valence-corrected chi connectivity index (χ3v) is 4.18. The lowest BCUT2D eigenvalue weighted by Crippen LogP contribution is -2.28. The lowest BCUT2D eigenvalue weighted by Gasteiger charge is -2.07. The van der Waals surface area contributed by atoms with E-state index in [2.05, 4.69) is 20.9 Å². The zero-order chi connectivity index (χ0) is 22.8. The number of nitrogens with one attached hydrogen (secondary N) is 2. The Labute approximate surface area is 184 Å². The third kappa shape index (κ3) is 7.06. The molecule has 0 aliphatic rings. The van der Waals surface area contributed by atoms with Crippen LogP contribution < -0.4 is 16.4 Å². The Balaban J connectivity index is 1.45. The average Bonchev–Trinajstić information content (AvgIpc) is 2.82. The lowest BCUT2D eigenvalue weighted by molar-refractivity contribution is -0.119. The molecule has 3 aromatic carbocycles. The fraction of sp³-hybridized carbons (Fsp3) is 0.0870. The number of anilines is 1. The van der Waals surface area contributed by atoms with Crippen molar-refractivity contribution in [3.8, 4) is 0 Å². The van der Waals surface area contributed by atoms with E-state index in [9.17, 15) is 14.4 Å². The minimum Gasteiger partial charge on any atom is -0.452 e. The van der Waals surface area contributed by atoms with E-state index in [1.54, 1.807) is 48.5 Å². The van der Waals surface area contributed by atoms with Crippen molar-refractivity contribution in [2.24, 2.45) is 16.0 Å². The van der Waals surface area contributed by atoms with E-state index in [1.165, 1.54) is 0 Å². The van der Waals surface area contributed by atoms with Gasteiger partial charge in [-0.1, -0.05) is 30.3 Å². The van der Waals surface area contributed by atoms with Gasteiger partial charge in [-0.3, -0.25) is 4.79 Å². The van der Waals surface area contributed by atoms with Gasteiger partial charge in [0.15, 0.2) is 6.61 Å². The minimum absolute atomic E-state index is 0.249. The molecule has 3 rings (SSSR count). The van der Waals surface area contributed by atoms with Crippen LogP contribution in [0.15, 0.2) is 89.1 Å². The molecule has 0 aliphatic heterocycles. The predicted molar refractivity (Wildman–Crippen MR) is 119 cm³/mol. The van der Waals surface area contributed by atoms with Crippen LogP contribution in [0, 0.1) is 0 Å². The first-order valence-corrected chi connectivity index (χ1v) is 9.66. The van der Waals surface area contributed by atoms with Gasteiger partial charge in [0.25, 0.3) is 5.91 Å². The van der Waals surface area contributed by atoms with Crippen LogP contribution in [0.25, 0.3) is 0 Å². The highest BCUT2D eigenvalue weighted by Gasteiger charge is 2.10. The van der Waals surface area contributed by atoms with Gasteiger partial charge in [-0.05, 0) is 54.1 Å². The van der Waals surface area contributed by atoms with Crippen LogP contribution in [0.3, 0.4) is 0 Å². The molecule has 0 unspecified atom stereocenters. The van der Waals surface area contributed by atoms with Crippen LogP contribution in [-0.2, 0) is 16.1 Å². The number of ether oxygens (including phenoxy) is 1. The molecule has 32 heavy (non-hydrogen) atoms. The first kappa shape index (κ1) is 22.2. The molecular weight excluding hydrogens is 410 g/mol. The molecule has 3 amide bonds. The summed E-state index contributed by atoms with van der Waals surface area (Å²) in [6.07, 6.45) is 0. The van der Waals surface area contributed by atoms with Gasteiger partial charge in [-0.25, -0.2) is 9.59 Å². The summed E-state index contributed by atoms with van der Waals surface area (Å²) in [5.41, 5.74) is 7.98. The smallest absolute Gasteiger partial charge is 0.338 e. The maximum Gasteiger partial charge on any atom is 0.338 e. The van der Waals surface area contributed by atoms with Crippen molar-refractivity contribution in [1.82, 2.24) is 5.32 Å². The summed E-state index contributed by atoms with van der Waals surface area (Å²) < 4.78 is 5.04. The molecule has 0 aliphatic carbocycles. The number of amides is 3. The van der Waals surface area contributed by atoms with Crippen molar-refractivity contribution >= 4 is 35.0 Å². The summed E-state index contributed by atoms with van der Waals surface area (Å²) in [7, 11) is 0. The number of urea groups is 1. The Hall–Kier alpha value is -4.53. The summed E-state index contributed by atoms with van der Waals surface area (Å²) in [5, 5.41) is 13.4. The molecule has 0 saturated carbocycles. The van der Waals surface area contributed by atoms with E-state index < -0.39 is 24.5 Å². The number of primary amides is 1. The van der Waals surface area contributed by atoms with E-state index in [4.69, 9.17) is 10.5 Å². The number of nitrogens with two attached hydrogens (primary N) is 1. The number of azo groups is 1. The van der Waals surface area contributed by atoms with Crippen molar-refractivity contribution in [2.75, 3.05) is 11.9 Å². The standard InChI is InChI=1S/C23H21N5O4/c24-23(31)25-14-16-6-8-17(9-7-16)22(30)32-15-21(29)26-18-10-12-20(13-11-18)28-27-19-4-2-1-3-5-19/h1-13H,14-15H2,(H,26,29)(H3,24,25,31).